The normalized spacial score (nSPS) is 18.6. The molecule has 4 rings (SSSR count). The maximum absolute atomic E-state index is 13.1. The Bertz CT molecular complexity index is 1110. The van der Waals surface area contributed by atoms with Gasteiger partial charge in [0.05, 0.1) is 17.6 Å². The third-order valence-electron chi connectivity index (χ3n) is 6.31. The fourth-order valence-electron chi connectivity index (χ4n) is 4.72. The third kappa shape index (κ3) is 6.54. The average molecular weight is 479 g/mol. The van der Waals surface area contributed by atoms with Gasteiger partial charge >= 0.3 is 6.09 Å². The molecule has 1 aliphatic rings. The predicted molar refractivity (Wildman–Crippen MR) is 140 cm³/mol. The number of carbonyl (C=O) groups is 1. The van der Waals surface area contributed by atoms with Crippen LogP contribution in [0.2, 0.25) is 0 Å². The quantitative estimate of drug-likeness (QED) is 0.433. The Balaban J connectivity index is 1.54. The number of hydrogen-bond donors (Lipinski definition) is 1. The monoisotopic (exact) mass is 478 g/mol. The van der Waals surface area contributed by atoms with Crippen LogP contribution in [0.25, 0.3) is 11.0 Å². The molecular weight excluding hydrogens is 440 g/mol. The van der Waals surface area contributed by atoms with Crippen molar-refractivity contribution in [3.05, 3.63) is 60.2 Å². The molecule has 0 radical (unpaired) electrons. The smallest absolute Gasteiger partial charge is 0.410 e. The molecule has 0 aliphatic carbocycles. The van der Waals surface area contributed by atoms with Crippen LogP contribution >= 0.6 is 0 Å². The highest BCUT2D eigenvalue weighted by Crippen LogP contribution is 2.27. The maximum atomic E-state index is 13.1. The zero-order valence-electron chi connectivity index (χ0n) is 21.4. The van der Waals surface area contributed by atoms with E-state index in [9.17, 15) is 4.79 Å². The number of hydrogen-bond acceptors (Lipinski definition) is 5. The van der Waals surface area contributed by atoms with E-state index in [-0.39, 0.29) is 18.2 Å². The minimum Gasteiger partial charge on any atom is -0.444 e. The molecule has 2 heterocycles. The van der Waals surface area contributed by atoms with Crippen molar-refractivity contribution in [3.63, 3.8) is 0 Å². The molecule has 0 spiro atoms. The second-order valence-electron chi connectivity index (χ2n) is 10.2. The summed E-state index contributed by atoms with van der Waals surface area (Å²) < 4.78 is 13.6. The molecule has 1 aliphatic heterocycles. The van der Waals surface area contributed by atoms with Crippen LogP contribution in [0, 0.1) is 0 Å². The second-order valence-corrected chi connectivity index (χ2v) is 10.2. The Morgan fingerprint density at radius 2 is 1.86 bits per heavy atom. The van der Waals surface area contributed by atoms with Crippen LogP contribution in [0.3, 0.4) is 0 Å². The van der Waals surface area contributed by atoms with E-state index < -0.39 is 5.60 Å². The van der Waals surface area contributed by atoms with Crippen molar-refractivity contribution in [1.82, 2.24) is 14.5 Å². The van der Waals surface area contributed by atoms with Gasteiger partial charge in [-0.2, -0.15) is 0 Å². The molecule has 0 saturated carbocycles. The van der Waals surface area contributed by atoms with Crippen LogP contribution in [0.1, 0.15) is 46.1 Å². The van der Waals surface area contributed by atoms with Gasteiger partial charge in [0.1, 0.15) is 5.60 Å². The number of rotatable bonds is 8. The number of aromatic nitrogens is 2. The number of imidazole rings is 1. The van der Waals surface area contributed by atoms with E-state index in [1.165, 1.54) is 5.56 Å². The summed E-state index contributed by atoms with van der Waals surface area (Å²) in [5, 5.41) is 3.71. The highest BCUT2D eigenvalue weighted by atomic mass is 16.6. The van der Waals surface area contributed by atoms with Gasteiger partial charge in [0.15, 0.2) is 0 Å². The van der Waals surface area contributed by atoms with Gasteiger partial charge < -0.3 is 24.3 Å². The second kappa shape index (κ2) is 11.1. The molecule has 1 fully saturated rings. The van der Waals surface area contributed by atoms with Crippen molar-refractivity contribution < 1.29 is 14.3 Å². The Hall–Kier alpha value is -3.06. The SMILES string of the molecule is CCOCCn1c(N[C@@H]2CCN(C(=O)OC(C)(C)C)[C@@H](Cc3ccccc3)C2)nc2ccccc21. The first-order chi connectivity index (χ1) is 16.8. The molecule has 1 amide bonds. The molecule has 188 valence electrons. The number of carbonyl (C=O) groups excluding carboxylic acids is 1. The van der Waals surface area contributed by atoms with Crippen molar-refractivity contribution in [1.29, 1.82) is 0 Å². The molecule has 35 heavy (non-hydrogen) atoms. The van der Waals surface area contributed by atoms with E-state index in [0.717, 1.165) is 42.8 Å². The summed E-state index contributed by atoms with van der Waals surface area (Å²) >= 11 is 0. The highest BCUT2D eigenvalue weighted by Gasteiger charge is 2.34. The number of para-hydroxylation sites is 2. The zero-order chi connectivity index (χ0) is 24.8. The number of benzene rings is 2. The molecule has 0 bridgehead atoms. The Morgan fingerprint density at radius 1 is 1.11 bits per heavy atom. The number of nitrogens with zero attached hydrogens (tertiary/aromatic N) is 3. The summed E-state index contributed by atoms with van der Waals surface area (Å²) in [5.74, 6) is 0.861. The van der Waals surface area contributed by atoms with Crippen LogP contribution in [0.5, 0.6) is 0 Å². The first-order valence-corrected chi connectivity index (χ1v) is 12.7. The van der Waals surface area contributed by atoms with Gasteiger partial charge in [0.2, 0.25) is 5.95 Å². The van der Waals surface area contributed by atoms with Gasteiger partial charge in [0.25, 0.3) is 0 Å². The van der Waals surface area contributed by atoms with Crippen LogP contribution in [0.4, 0.5) is 10.7 Å². The summed E-state index contributed by atoms with van der Waals surface area (Å²) in [6.07, 6.45) is 2.21. The number of fused-ring (bicyclic) bond motifs is 1. The summed E-state index contributed by atoms with van der Waals surface area (Å²) in [7, 11) is 0. The topological polar surface area (TPSA) is 68.6 Å². The minimum absolute atomic E-state index is 0.0414. The molecule has 1 N–H and O–H groups in total. The standard InChI is InChI=1S/C28H38N4O3/c1-5-34-18-17-32-25-14-10-9-13-24(25)30-26(32)29-22-15-16-31(27(33)35-28(2,3)4)23(20-22)19-21-11-7-6-8-12-21/h6-14,22-23H,5,15-20H2,1-4H3,(H,29,30)/t22-,23+/m1/s1. The number of anilines is 1. The van der Waals surface area contributed by atoms with Crippen molar-refractivity contribution in [2.24, 2.45) is 0 Å². The van der Waals surface area contributed by atoms with Crippen LogP contribution in [0.15, 0.2) is 54.6 Å². The molecule has 2 aromatic carbocycles. The van der Waals surface area contributed by atoms with Crippen molar-refractivity contribution in [2.45, 2.75) is 71.2 Å². The summed E-state index contributed by atoms with van der Waals surface area (Å²) in [6, 6.07) is 18.8. The van der Waals surface area contributed by atoms with Gasteiger partial charge in [-0.25, -0.2) is 9.78 Å². The third-order valence-corrected chi connectivity index (χ3v) is 6.31. The molecule has 1 saturated heterocycles. The largest absolute Gasteiger partial charge is 0.444 e. The van der Waals surface area contributed by atoms with Gasteiger partial charge in [-0.05, 0) is 64.7 Å². The van der Waals surface area contributed by atoms with Gasteiger partial charge in [-0.1, -0.05) is 42.5 Å². The van der Waals surface area contributed by atoms with E-state index in [4.69, 9.17) is 14.5 Å². The number of piperidine rings is 1. The molecule has 2 atom stereocenters. The summed E-state index contributed by atoms with van der Waals surface area (Å²) in [4.78, 5) is 19.8. The lowest BCUT2D eigenvalue weighted by atomic mass is 9.92. The van der Waals surface area contributed by atoms with Gasteiger partial charge in [-0.3, -0.25) is 0 Å². The Morgan fingerprint density at radius 3 is 2.60 bits per heavy atom. The first-order valence-electron chi connectivity index (χ1n) is 12.7. The molecule has 1 aromatic heterocycles. The molecule has 0 unspecified atom stereocenters. The average Bonchev–Trinajstić information content (AvgIpc) is 3.16. The lowest BCUT2D eigenvalue weighted by Gasteiger charge is -2.40. The predicted octanol–water partition coefficient (Wildman–Crippen LogP) is 5.50. The van der Waals surface area contributed by atoms with E-state index in [1.54, 1.807) is 0 Å². The number of amides is 1. The van der Waals surface area contributed by atoms with Crippen molar-refractivity contribution in [3.8, 4) is 0 Å². The molecular formula is C28H38N4O3. The maximum Gasteiger partial charge on any atom is 0.410 e. The number of likely N-dealkylation sites (tertiary alicyclic amines) is 1. The zero-order valence-corrected chi connectivity index (χ0v) is 21.4. The Labute approximate surface area is 208 Å². The lowest BCUT2D eigenvalue weighted by Crippen LogP contribution is -2.51. The van der Waals surface area contributed by atoms with E-state index in [1.807, 2.05) is 69.0 Å². The lowest BCUT2D eigenvalue weighted by molar-refractivity contribution is 0.00899. The summed E-state index contributed by atoms with van der Waals surface area (Å²) in [5.41, 5.74) is 2.77. The van der Waals surface area contributed by atoms with E-state index in [2.05, 4.69) is 28.1 Å². The van der Waals surface area contributed by atoms with E-state index >= 15 is 0 Å². The van der Waals surface area contributed by atoms with Gasteiger partial charge in [-0.15, -0.1) is 0 Å². The first kappa shape index (κ1) is 25.0. The number of ether oxygens (including phenoxy) is 2. The summed E-state index contributed by atoms with van der Waals surface area (Å²) in [6.45, 7) is 10.5. The highest BCUT2D eigenvalue weighted by molar-refractivity contribution is 5.78. The molecule has 7 heteroatoms. The van der Waals surface area contributed by atoms with E-state index in [0.29, 0.717) is 19.8 Å². The van der Waals surface area contributed by atoms with Crippen molar-refractivity contribution >= 4 is 23.1 Å². The van der Waals surface area contributed by atoms with Crippen LogP contribution < -0.4 is 5.32 Å². The molecule has 7 nitrogen and oxygen atoms in total. The van der Waals surface area contributed by atoms with Crippen molar-refractivity contribution in [2.75, 3.05) is 25.1 Å². The van der Waals surface area contributed by atoms with Crippen LogP contribution in [-0.4, -0.2) is 58.0 Å². The van der Waals surface area contributed by atoms with Gasteiger partial charge in [0, 0.05) is 31.8 Å². The fourth-order valence-corrected chi connectivity index (χ4v) is 4.72. The Kier molecular flexibility index (Phi) is 7.96. The molecule has 3 aromatic rings. The number of nitrogens with one attached hydrogen (secondary N) is 1. The minimum atomic E-state index is -0.519. The van der Waals surface area contributed by atoms with Crippen LogP contribution in [-0.2, 0) is 22.4 Å². The fraction of sp³-hybridized carbons (Fsp3) is 0.500.